The monoisotopic (exact) mass is 612 g/mol. The fraction of sp³-hybridized carbons (Fsp3) is 0.522. The minimum Gasteiger partial charge on any atom is -0.426 e. The molecule has 0 fully saturated rings. The summed E-state index contributed by atoms with van der Waals surface area (Å²) in [5.74, 6) is 0.820. The van der Waals surface area contributed by atoms with Crippen LogP contribution in [0.1, 0.15) is 63.7 Å². The number of rotatable bonds is 13. The maximum absolute atomic E-state index is 12.6. The van der Waals surface area contributed by atoms with E-state index in [-0.39, 0.29) is 17.1 Å². The molecular formula is C23H29ClO5S6. The molecule has 0 spiro atoms. The molecule has 1 aromatic rings. The standard InChI is InChI=1S/C23H29ClO5S6/c1-5-7-9-32-22(30)34-14(3)20(26)28-17-11-16(19(24)25)12-18(13-17)29-21(27)15(4)35-23(31)33-10-8-6-2/h11-15H,5-10H2,1-4H3. The molecule has 1 aromatic carbocycles. The van der Waals surface area contributed by atoms with Crippen LogP contribution in [0.25, 0.3) is 0 Å². The summed E-state index contributed by atoms with van der Waals surface area (Å²) in [6, 6.07) is 4.03. The number of benzene rings is 1. The number of halogens is 1. The molecule has 0 bridgehead atoms. The number of esters is 2. The third kappa shape index (κ3) is 13.7. The Labute approximate surface area is 240 Å². The van der Waals surface area contributed by atoms with Crippen molar-refractivity contribution in [2.45, 2.75) is 63.9 Å². The molecule has 0 aromatic heterocycles. The van der Waals surface area contributed by atoms with E-state index in [4.69, 9.17) is 45.5 Å². The van der Waals surface area contributed by atoms with Crippen molar-refractivity contribution >= 4 is 107 Å². The molecule has 0 aliphatic carbocycles. The minimum absolute atomic E-state index is 0.0386. The van der Waals surface area contributed by atoms with Crippen LogP contribution < -0.4 is 9.47 Å². The Balaban J connectivity index is 2.81. The van der Waals surface area contributed by atoms with Crippen LogP contribution in [0, 0.1) is 0 Å². The summed E-state index contributed by atoms with van der Waals surface area (Å²) in [6.07, 6.45) is 4.24. The van der Waals surface area contributed by atoms with Gasteiger partial charge in [0.15, 0.2) is 0 Å². The molecule has 0 aliphatic rings. The number of unbranched alkanes of at least 4 members (excludes halogenated alkanes) is 2. The Morgan fingerprint density at radius 1 is 0.829 bits per heavy atom. The SMILES string of the molecule is CCCCSC(=S)SC(C)C(=O)Oc1cc(OC(=O)C(C)SC(=S)SCCCC)cc(C(=O)Cl)c1. The Morgan fingerprint density at radius 3 is 1.57 bits per heavy atom. The summed E-state index contributed by atoms with van der Waals surface area (Å²) >= 11 is 21.8. The summed E-state index contributed by atoms with van der Waals surface area (Å²) in [4.78, 5) is 36.9. The highest BCUT2D eigenvalue weighted by molar-refractivity contribution is 8.48. The number of carbonyl (C=O) groups is 3. The highest BCUT2D eigenvalue weighted by Gasteiger charge is 2.22. The third-order valence-electron chi connectivity index (χ3n) is 4.19. The van der Waals surface area contributed by atoms with Gasteiger partial charge >= 0.3 is 11.9 Å². The molecule has 0 aliphatic heterocycles. The quantitative estimate of drug-likeness (QED) is 0.0721. The van der Waals surface area contributed by atoms with Gasteiger partial charge in [-0.05, 0) is 61.9 Å². The van der Waals surface area contributed by atoms with E-state index in [1.54, 1.807) is 13.8 Å². The van der Waals surface area contributed by atoms with Crippen molar-refractivity contribution in [3.63, 3.8) is 0 Å². The smallest absolute Gasteiger partial charge is 0.324 e. The molecule has 0 saturated heterocycles. The van der Waals surface area contributed by atoms with E-state index in [2.05, 4.69) is 13.8 Å². The molecule has 12 heteroatoms. The first-order valence-corrected chi connectivity index (χ1v) is 15.9. The Hall–Kier alpha value is -0.300. The molecule has 35 heavy (non-hydrogen) atoms. The average molecular weight is 613 g/mol. The normalized spacial score (nSPS) is 12.5. The lowest BCUT2D eigenvalue weighted by Crippen LogP contribution is -2.22. The first-order chi connectivity index (χ1) is 16.6. The molecule has 1 rings (SSSR count). The average Bonchev–Trinajstić information content (AvgIpc) is 2.79. The Bertz CT molecular complexity index is 848. The van der Waals surface area contributed by atoms with Gasteiger partial charge in [0.2, 0.25) is 0 Å². The van der Waals surface area contributed by atoms with Gasteiger partial charge in [0.05, 0.1) is 0 Å². The number of thioether (sulfide) groups is 4. The molecule has 2 unspecified atom stereocenters. The van der Waals surface area contributed by atoms with Gasteiger partial charge in [-0.1, -0.05) is 74.6 Å². The van der Waals surface area contributed by atoms with Crippen LogP contribution in [0.4, 0.5) is 0 Å². The molecule has 0 saturated carbocycles. The van der Waals surface area contributed by atoms with Crippen molar-refractivity contribution in [1.29, 1.82) is 0 Å². The summed E-state index contributed by atoms with van der Waals surface area (Å²) < 4.78 is 12.2. The van der Waals surface area contributed by atoms with Gasteiger partial charge in [-0.25, -0.2) is 0 Å². The van der Waals surface area contributed by atoms with E-state index in [1.165, 1.54) is 65.2 Å². The van der Waals surface area contributed by atoms with Gasteiger partial charge in [0.1, 0.15) is 29.1 Å². The summed E-state index contributed by atoms with van der Waals surface area (Å²) in [6.45, 7) is 7.59. The van der Waals surface area contributed by atoms with E-state index >= 15 is 0 Å². The zero-order valence-corrected chi connectivity index (χ0v) is 25.7. The van der Waals surface area contributed by atoms with Crippen LogP contribution in [0.3, 0.4) is 0 Å². The van der Waals surface area contributed by atoms with E-state index in [9.17, 15) is 14.4 Å². The molecule has 0 amide bonds. The van der Waals surface area contributed by atoms with E-state index < -0.39 is 27.7 Å². The van der Waals surface area contributed by atoms with Gasteiger partial charge < -0.3 is 9.47 Å². The topological polar surface area (TPSA) is 69.7 Å². The first kappa shape index (κ1) is 32.7. The van der Waals surface area contributed by atoms with Crippen molar-refractivity contribution in [3.8, 4) is 11.5 Å². The highest BCUT2D eigenvalue weighted by Crippen LogP contribution is 2.29. The molecule has 194 valence electrons. The summed E-state index contributed by atoms with van der Waals surface area (Å²) in [5, 5.41) is -1.88. The zero-order chi connectivity index (χ0) is 26.4. The van der Waals surface area contributed by atoms with Gasteiger partial charge in [-0.3, -0.25) is 14.4 Å². The number of ether oxygens (including phenoxy) is 2. The van der Waals surface area contributed by atoms with Crippen molar-refractivity contribution in [1.82, 2.24) is 0 Å². The van der Waals surface area contributed by atoms with E-state index in [1.807, 2.05) is 0 Å². The maximum atomic E-state index is 12.6. The Kier molecular flexibility index (Phi) is 16.9. The van der Waals surface area contributed by atoms with Crippen LogP contribution >= 0.6 is 83.1 Å². The fourth-order valence-electron chi connectivity index (χ4n) is 2.25. The predicted molar refractivity (Wildman–Crippen MR) is 162 cm³/mol. The van der Waals surface area contributed by atoms with Crippen LogP contribution in [-0.2, 0) is 9.59 Å². The minimum atomic E-state index is -0.771. The van der Waals surface area contributed by atoms with Crippen LogP contribution in [0.15, 0.2) is 18.2 Å². The Morgan fingerprint density at radius 2 is 1.23 bits per heavy atom. The largest absolute Gasteiger partial charge is 0.426 e. The lowest BCUT2D eigenvalue weighted by Gasteiger charge is -2.14. The first-order valence-electron chi connectivity index (χ1n) is 11.0. The summed E-state index contributed by atoms with van der Waals surface area (Å²) in [5.41, 5.74) is 0.0386. The molecule has 2 atom stereocenters. The second kappa shape index (κ2) is 18.0. The van der Waals surface area contributed by atoms with Gasteiger partial charge in [0, 0.05) is 11.6 Å². The third-order valence-corrected chi connectivity index (χ3v) is 9.91. The fourth-order valence-corrected chi connectivity index (χ4v) is 7.70. The predicted octanol–water partition coefficient (Wildman–Crippen LogP) is 7.76. The number of hydrogen-bond acceptors (Lipinski definition) is 11. The van der Waals surface area contributed by atoms with E-state index in [0.717, 1.165) is 37.2 Å². The van der Waals surface area contributed by atoms with E-state index in [0.29, 0.717) is 7.06 Å². The van der Waals surface area contributed by atoms with Crippen molar-refractivity contribution in [2.75, 3.05) is 11.5 Å². The van der Waals surface area contributed by atoms with Gasteiger partial charge in [-0.2, -0.15) is 0 Å². The number of thiocarbonyl (C=S) groups is 2. The molecule has 5 nitrogen and oxygen atoms in total. The highest BCUT2D eigenvalue weighted by atomic mass is 35.5. The number of carbonyl (C=O) groups excluding carboxylic acids is 3. The number of hydrogen-bond donors (Lipinski definition) is 0. The van der Waals surface area contributed by atoms with Crippen LogP contribution in [-0.4, -0.2) is 46.2 Å². The van der Waals surface area contributed by atoms with Gasteiger partial charge in [-0.15, -0.1) is 23.5 Å². The lowest BCUT2D eigenvalue weighted by molar-refractivity contribution is -0.133. The maximum Gasteiger partial charge on any atom is 0.324 e. The molecule has 0 N–H and O–H groups in total. The van der Waals surface area contributed by atoms with Crippen molar-refractivity contribution in [3.05, 3.63) is 23.8 Å². The molecule has 0 heterocycles. The molecule has 0 radical (unpaired) electrons. The zero-order valence-electron chi connectivity index (χ0n) is 20.0. The second-order valence-corrected chi connectivity index (χ2v) is 14.9. The van der Waals surface area contributed by atoms with Crippen molar-refractivity contribution in [2.24, 2.45) is 0 Å². The van der Waals surface area contributed by atoms with Crippen LogP contribution in [0.5, 0.6) is 11.5 Å². The molecular weight excluding hydrogens is 584 g/mol. The summed E-state index contributed by atoms with van der Waals surface area (Å²) in [7, 11) is 0. The van der Waals surface area contributed by atoms with Crippen molar-refractivity contribution < 1.29 is 23.9 Å². The second-order valence-electron chi connectivity index (χ2n) is 7.23. The van der Waals surface area contributed by atoms with Crippen LogP contribution in [0.2, 0.25) is 0 Å². The lowest BCUT2D eigenvalue weighted by atomic mass is 10.2. The van der Waals surface area contributed by atoms with Gasteiger partial charge in [0.25, 0.3) is 5.24 Å².